The van der Waals surface area contributed by atoms with Gasteiger partial charge in [-0.25, -0.2) is 19.6 Å². The molecule has 1 N–H and O–H groups in total. The molecule has 0 amide bonds. The Bertz CT molecular complexity index is 767. The zero-order valence-corrected chi connectivity index (χ0v) is 12.8. The fourth-order valence-corrected chi connectivity index (χ4v) is 2.70. The van der Waals surface area contributed by atoms with E-state index in [1.54, 1.807) is 6.07 Å². The van der Waals surface area contributed by atoms with Gasteiger partial charge in [0.15, 0.2) is 5.69 Å². The Morgan fingerprint density at radius 2 is 2.09 bits per heavy atom. The van der Waals surface area contributed by atoms with Crippen molar-refractivity contribution in [2.24, 2.45) is 0 Å². The van der Waals surface area contributed by atoms with Crippen LogP contribution in [0.2, 0.25) is 0 Å². The number of carbonyl (C=O) groups is 2. The third-order valence-corrected chi connectivity index (χ3v) is 3.90. The third-order valence-electron chi connectivity index (χ3n) is 3.90. The maximum atomic E-state index is 11.9. The SMILES string of the molecule is COC(=O)c1nc(C)n2c1CN(c1ccc(C(=O)O)cn1)CC2. The van der Waals surface area contributed by atoms with E-state index in [1.165, 1.54) is 19.4 Å². The van der Waals surface area contributed by atoms with E-state index in [4.69, 9.17) is 9.84 Å². The van der Waals surface area contributed by atoms with Crippen LogP contribution in [-0.4, -0.2) is 45.2 Å². The van der Waals surface area contributed by atoms with Crippen molar-refractivity contribution in [3.05, 3.63) is 41.1 Å². The van der Waals surface area contributed by atoms with Gasteiger partial charge in [0.2, 0.25) is 0 Å². The van der Waals surface area contributed by atoms with Gasteiger partial charge in [0.05, 0.1) is 24.9 Å². The maximum Gasteiger partial charge on any atom is 0.358 e. The summed E-state index contributed by atoms with van der Waals surface area (Å²) in [4.78, 5) is 33.2. The first-order valence-electron chi connectivity index (χ1n) is 7.10. The standard InChI is InChI=1S/C15H16N4O4/c1-9-17-13(15(22)23-2)11-8-18(5-6-19(9)11)12-4-3-10(7-16-12)14(20)21/h3-4,7H,5-6,8H2,1-2H3,(H,20,21). The molecule has 23 heavy (non-hydrogen) atoms. The molecule has 2 aromatic rings. The van der Waals surface area contributed by atoms with Gasteiger partial charge < -0.3 is 19.3 Å². The number of ether oxygens (including phenoxy) is 1. The summed E-state index contributed by atoms with van der Waals surface area (Å²) in [5, 5.41) is 8.93. The molecule has 0 aromatic carbocycles. The number of aryl methyl sites for hydroxylation is 1. The number of hydrogen-bond acceptors (Lipinski definition) is 6. The highest BCUT2D eigenvalue weighted by Gasteiger charge is 2.27. The van der Waals surface area contributed by atoms with E-state index in [-0.39, 0.29) is 5.56 Å². The molecule has 0 aliphatic carbocycles. The van der Waals surface area contributed by atoms with Crippen LogP contribution in [0.5, 0.6) is 0 Å². The molecule has 0 atom stereocenters. The molecule has 0 unspecified atom stereocenters. The van der Waals surface area contributed by atoms with Crippen LogP contribution < -0.4 is 4.90 Å². The molecule has 0 radical (unpaired) electrons. The summed E-state index contributed by atoms with van der Waals surface area (Å²) >= 11 is 0. The fraction of sp³-hybridized carbons (Fsp3) is 0.333. The van der Waals surface area contributed by atoms with Gasteiger partial charge in [0, 0.05) is 19.3 Å². The predicted molar refractivity (Wildman–Crippen MR) is 80.5 cm³/mol. The number of anilines is 1. The Morgan fingerprint density at radius 3 is 2.70 bits per heavy atom. The lowest BCUT2D eigenvalue weighted by Gasteiger charge is -2.30. The van der Waals surface area contributed by atoms with E-state index < -0.39 is 11.9 Å². The Balaban J connectivity index is 1.90. The molecule has 8 nitrogen and oxygen atoms in total. The number of hydrogen-bond donors (Lipinski definition) is 1. The van der Waals surface area contributed by atoms with Gasteiger partial charge in [0.1, 0.15) is 11.6 Å². The minimum Gasteiger partial charge on any atom is -0.478 e. The number of aromatic nitrogens is 3. The summed E-state index contributed by atoms with van der Waals surface area (Å²) in [6.45, 7) is 3.69. The van der Waals surface area contributed by atoms with E-state index in [2.05, 4.69) is 9.97 Å². The van der Waals surface area contributed by atoms with Crippen molar-refractivity contribution in [2.45, 2.75) is 20.0 Å². The number of imidazole rings is 1. The number of rotatable bonds is 3. The van der Waals surface area contributed by atoms with Crippen molar-refractivity contribution in [1.29, 1.82) is 0 Å². The number of fused-ring (bicyclic) bond motifs is 1. The van der Waals surface area contributed by atoms with Crippen LogP contribution in [0, 0.1) is 6.92 Å². The normalized spacial score (nSPS) is 13.6. The first-order chi connectivity index (χ1) is 11.0. The Labute approximate surface area is 132 Å². The second kappa shape index (κ2) is 5.71. The quantitative estimate of drug-likeness (QED) is 0.846. The lowest BCUT2D eigenvalue weighted by atomic mass is 10.2. The van der Waals surface area contributed by atoms with Crippen molar-refractivity contribution in [3.63, 3.8) is 0 Å². The monoisotopic (exact) mass is 316 g/mol. The lowest BCUT2D eigenvalue weighted by Crippen LogP contribution is -2.35. The van der Waals surface area contributed by atoms with Crippen molar-refractivity contribution in [3.8, 4) is 0 Å². The number of carboxylic acids is 1. The molecule has 0 saturated heterocycles. The number of carbonyl (C=O) groups excluding carboxylic acids is 1. The summed E-state index contributed by atoms with van der Waals surface area (Å²) in [6.07, 6.45) is 1.33. The summed E-state index contributed by atoms with van der Waals surface area (Å²) in [5.74, 6) is -0.0348. The van der Waals surface area contributed by atoms with Gasteiger partial charge in [0.25, 0.3) is 0 Å². The van der Waals surface area contributed by atoms with E-state index in [9.17, 15) is 9.59 Å². The van der Waals surface area contributed by atoms with Gasteiger partial charge in [-0.2, -0.15) is 0 Å². The molecule has 1 aliphatic heterocycles. The van der Waals surface area contributed by atoms with Crippen molar-refractivity contribution in [1.82, 2.24) is 14.5 Å². The van der Waals surface area contributed by atoms with Gasteiger partial charge >= 0.3 is 11.9 Å². The van der Waals surface area contributed by atoms with Crippen molar-refractivity contribution < 1.29 is 19.4 Å². The smallest absolute Gasteiger partial charge is 0.358 e. The molecule has 0 spiro atoms. The summed E-state index contributed by atoms with van der Waals surface area (Å²) in [7, 11) is 1.33. The highest BCUT2D eigenvalue weighted by molar-refractivity contribution is 5.89. The second-order valence-corrected chi connectivity index (χ2v) is 5.23. The topological polar surface area (TPSA) is 97.6 Å². The highest BCUT2D eigenvalue weighted by Crippen LogP contribution is 2.23. The number of esters is 1. The summed E-state index contributed by atoms with van der Waals surface area (Å²) in [5.41, 5.74) is 1.24. The number of pyridine rings is 1. The first kappa shape index (κ1) is 15.0. The van der Waals surface area contributed by atoms with Crippen LogP contribution in [0.1, 0.15) is 32.4 Å². The van der Waals surface area contributed by atoms with E-state index in [0.717, 1.165) is 11.5 Å². The molecule has 3 rings (SSSR count). The second-order valence-electron chi connectivity index (χ2n) is 5.23. The summed E-state index contributed by atoms with van der Waals surface area (Å²) in [6, 6.07) is 3.18. The van der Waals surface area contributed by atoms with E-state index >= 15 is 0 Å². The van der Waals surface area contributed by atoms with Gasteiger partial charge in [-0.15, -0.1) is 0 Å². The minimum absolute atomic E-state index is 0.141. The number of nitrogens with zero attached hydrogens (tertiary/aromatic N) is 4. The van der Waals surface area contributed by atoms with Crippen LogP contribution >= 0.6 is 0 Å². The van der Waals surface area contributed by atoms with Gasteiger partial charge in [-0.05, 0) is 19.1 Å². The zero-order chi connectivity index (χ0) is 16.6. The zero-order valence-electron chi connectivity index (χ0n) is 12.8. The molecular weight excluding hydrogens is 300 g/mol. The Kier molecular flexibility index (Phi) is 3.73. The van der Waals surface area contributed by atoms with Crippen molar-refractivity contribution in [2.75, 3.05) is 18.6 Å². The first-order valence-corrected chi connectivity index (χ1v) is 7.10. The largest absolute Gasteiger partial charge is 0.478 e. The molecule has 0 saturated carbocycles. The average Bonchev–Trinajstić information content (AvgIpc) is 2.90. The Hall–Kier alpha value is -2.90. The summed E-state index contributed by atoms with van der Waals surface area (Å²) < 4.78 is 6.78. The molecule has 8 heteroatoms. The maximum absolute atomic E-state index is 11.9. The van der Waals surface area contributed by atoms with Crippen LogP contribution in [0.15, 0.2) is 18.3 Å². The number of methoxy groups -OCH3 is 1. The lowest BCUT2D eigenvalue weighted by molar-refractivity contribution is 0.0592. The molecule has 1 aliphatic rings. The van der Waals surface area contributed by atoms with E-state index in [1.807, 2.05) is 16.4 Å². The molecule has 0 fully saturated rings. The van der Waals surface area contributed by atoms with Crippen molar-refractivity contribution >= 4 is 17.8 Å². The minimum atomic E-state index is -1.01. The number of aromatic carboxylic acids is 1. The molecule has 0 bridgehead atoms. The van der Waals surface area contributed by atoms with Gasteiger partial charge in [-0.1, -0.05) is 0 Å². The van der Waals surface area contributed by atoms with Gasteiger partial charge in [-0.3, -0.25) is 0 Å². The Morgan fingerprint density at radius 1 is 1.30 bits per heavy atom. The van der Waals surface area contributed by atoms with Crippen LogP contribution in [-0.2, 0) is 17.8 Å². The van der Waals surface area contributed by atoms with E-state index in [0.29, 0.717) is 31.1 Å². The number of carboxylic acid groups (broad SMARTS) is 1. The predicted octanol–water partition coefficient (Wildman–Crippen LogP) is 1.09. The van der Waals surface area contributed by atoms with Crippen LogP contribution in [0.3, 0.4) is 0 Å². The van der Waals surface area contributed by atoms with Crippen LogP contribution in [0.25, 0.3) is 0 Å². The fourth-order valence-electron chi connectivity index (χ4n) is 2.70. The van der Waals surface area contributed by atoms with Crippen LogP contribution in [0.4, 0.5) is 5.82 Å². The molecule has 120 valence electrons. The molecule has 2 aromatic heterocycles. The average molecular weight is 316 g/mol. The molecule has 3 heterocycles. The third kappa shape index (κ3) is 2.63. The molecular formula is C15H16N4O4. The highest BCUT2D eigenvalue weighted by atomic mass is 16.5.